The van der Waals surface area contributed by atoms with Gasteiger partial charge in [-0.05, 0) is 29.7 Å². The van der Waals surface area contributed by atoms with Gasteiger partial charge in [0.25, 0.3) is 0 Å². The molecule has 2 aromatic carbocycles. The van der Waals surface area contributed by atoms with Crippen LogP contribution in [0.25, 0.3) is 0 Å². The van der Waals surface area contributed by atoms with Crippen LogP contribution >= 0.6 is 0 Å². The van der Waals surface area contributed by atoms with Gasteiger partial charge in [0.1, 0.15) is 11.4 Å². The molecule has 108 valence electrons. The first kappa shape index (κ1) is 15.1. The van der Waals surface area contributed by atoms with Crippen molar-refractivity contribution in [2.24, 2.45) is 0 Å². The number of hydrogen-bond acceptors (Lipinski definition) is 3. The van der Waals surface area contributed by atoms with Crippen LogP contribution in [-0.2, 0) is 10.3 Å². The lowest BCUT2D eigenvalue weighted by Gasteiger charge is -2.33. The van der Waals surface area contributed by atoms with E-state index in [1.54, 1.807) is 14.2 Å². The molecule has 21 heavy (non-hydrogen) atoms. The fourth-order valence-electron chi connectivity index (χ4n) is 2.59. The Hall–Kier alpha value is -2.31. The summed E-state index contributed by atoms with van der Waals surface area (Å²) < 4.78 is 11.1. The molecule has 0 N–H and O–H groups in total. The van der Waals surface area contributed by atoms with Crippen molar-refractivity contribution in [3.05, 3.63) is 65.7 Å². The van der Waals surface area contributed by atoms with E-state index in [1.165, 1.54) is 0 Å². The minimum Gasteiger partial charge on any atom is -0.497 e. The zero-order valence-electron chi connectivity index (χ0n) is 12.4. The summed E-state index contributed by atoms with van der Waals surface area (Å²) in [6.07, 6.45) is 1.03. The molecule has 0 saturated carbocycles. The molecule has 0 heterocycles. The van der Waals surface area contributed by atoms with Crippen molar-refractivity contribution < 1.29 is 9.47 Å². The SMILES string of the molecule is COc1ccc(C(CCC#N)(OC)c2ccccc2)cc1. The molecule has 0 bridgehead atoms. The van der Waals surface area contributed by atoms with E-state index in [9.17, 15) is 0 Å². The molecule has 0 aliphatic carbocycles. The average Bonchev–Trinajstić information content (AvgIpc) is 2.57. The van der Waals surface area contributed by atoms with E-state index >= 15 is 0 Å². The Morgan fingerprint density at radius 3 is 2.10 bits per heavy atom. The molecule has 0 saturated heterocycles. The zero-order valence-corrected chi connectivity index (χ0v) is 12.4. The van der Waals surface area contributed by atoms with E-state index in [0.717, 1.165) is 16.9 Å². The molecular weight excluding hydrogens is 262 g/mol. The summed E-state index contributed by atoms with van der Waals surface area (Å²) in [6.45, 7) is 0. The normalized spacial score (nSPS) is 13.2. The number of benzene rings is 2. The minimum absolute atomic E-state index is 0.425. The van der Waals surface area contributed by atoms with Gasteiger partial charge < -0.3 is 9.47 Å². The van der Waals surface area contributed by atoms with Crippen molar-refractivity contribution in [1.29, 1.82) is 5.26 Å². The van der Waals surface area contributed by atoms with E-state index in [4.69, 9.17) is 14.7 Å². The fourth-order valence-corrected chi connectivity index (χ4v) is 2.59. The Labute approximate surface area is 125 Å². The molecule has 2 rings (SSSR count). The van der Waals surface area contributed by atoms with Gasteiger partial charge in [-0.1, -0.05) is 42.5 Å². The van der Waals surface area contributed by atoms with Crippen LogP contribution in [0, 0.1) is 11.3 Å². The van der Waals surface area contributed by atoms with Crippen LogP contribution in [0.4, 0.5) is 0 Å². The molecule has 0 radical (unpaired) electrons. The van der Waals surface area contributed by atoms with Gasteiger partial charge in [0, 0.05) is 13.5 Å². The standard InChI is InChI=1S/C18H19NO2/c1-20-17-11-9-16(10-12-17)18(21-2,13-6-14-19)15-7-4-3-5-8-15/h3-5,7-12H,6,13H2,1-2H3. The van der Waals surface area contributed by atoms with Gasteiger partial charge in [0.05, 0.1) is 13.2 Å². The number of nitriles is 1. The van der Waals surface area contributed by atoms with Crippen LogP contribution in [0.5, 0.6) is 5.75 Å². The summed E-state index contributed by atoms with van der Waals surface area (Å²) in [4.78, 5) is 0. The van der Waals surface area contributed by atoms with Crippen molar-refractivity contribution in [1.82, 2.24) is 0 Å². The van der Waals surface area contributed by atoms with Crippen LogP contribution in [0.3, 0.4) is 0 Å². The largest absolute Gasteiger partial charge is 0.497 e. The third-order valence-corrected chi connectivity index (χ3v) is 3.73. The predicted octanol–water partition coefficient (Wildman–Crippen LogP) is 3.89. The zero-order chi connectivity index (χ0) is 15.1. The Kier molecular flexibility index (Phi) is 4.97. The highest BCUT2D eigenvalue weighted by Crippen LogP contribution is 2.38. The summed E-state index contributed by atoms with van der Waals surface area (Å²) in [6, 6.07) is 20.0. The van der Waals surface area contributed by atoms with Gasteiger partial charge in [-0.2, -0.15) is 5.26 Å². The summed E-state index contributed by atoms with van der Waals surface area (Å²) in [7, 11) is 3.33. The third kappa shape index (κ3) is 3.07. The molecule has 0 fully saturated rings. The first-order chi connectivity index (χ1) is 10.3. The van der Waals surface area contributed by atoms with Crippen molar-refractivity contribution in [3.8, 4) is 11.8 Å². The Bertz CT molecular complexity index is 601. The van der Waals surface area contributed by atoms with Gasteiger partial charge in [0.15, 0.2) is 0 Å². The van der Waals surface area contributed by atoms with E-state index in [1.807, 2.05) is 54.6 Å². The molecule has 1 unspecified atom stereocenters. The van der Waals surface area contributed by atoms with Crippen LogP contribution in [0.1, 0.15) is 24.0 Å². The number of hydrogen-bond donors (Lipinski definition) is 0. The van der Waals surface area contributed by atoms with Crippen molar-refractivity contribution in [3.63, 3.8) is 0 Å². The topological polar surface area (TPSA) is 42.2 Å². The van der Waals surface area contributed by atoms with Crippen LogP contribution < -0.4 is 4.74 Å². The molecule has 0 aliphatic rings. The number of rotatable bonds is 6. The Balaban J connectivity index is 2.50. The van der Waals surface area contributed by atoms with E-state index in [2.05, 4.69) is 6.07 Å². The van der Waals surface area contributed by atoms with Gasteiger partial charge in [0.2, 0.25) is 0 Å². The van der Waals surface area contributed by atoms with Gasteiger partial charge in [-0.25, -0.2) is 0 Å². The highest BCUT2D eigenvalue weighted by molar-refractivity contribution is 5.39. The first-order valence-corrected chi connectivity index (χ1v) is 6.89. The number of nitrogens with zero attached hydrogens (tertiary/aromatic N) is 1. The lowest BCUT2D eigenvalue weighted by molar-refractivity contribution is 0.0155. The second-order valence-electron chi connectivity index (χ2n) is 4.78. The highest BCUT2D eigenvalue weighted by Gasteiger charge is 2.33. The van der Waals surface area contributed by atoms with Crippen molar-refractivity contribution in [2.45, 2.75) is 18.4 Å². The fraction of sp³-hybridized carbons (Fsp3) is 0.278. The summed E-state index contributed by atoms with van der Waals surface area (Å²) in [5, 5.41) is 8.98. The van der Waals surface area contributed by atoms with Gasteiger partial charge >= 0.3 is 0 Å². The molecule has 1 atom stereocenters. The summed E-state index contributed by atoms with van der Waals surface area (Å²) in [5.74, 6) is 0.803. The molecule has 0 aliphatic heterocycles. The molecule has 3 nitrogen and oxygen atoms in total. The van der Waals surface area contributed by atoms with Crippen molar-refractivity contribution in [2.75, 3.05) is 14.2 Å². The van der Waals surface area contributed by atoms with E-state index < -0.39 is 5.60 Å². The number of methoxy groups -OCH3 is 2. The second kappa shape index (κ2) is 6.92. The quantitative estimate of drug-likeness (QED) is 0.806. The minimum atomic E-state index is -0.608. The van der Waals surface area contributed by atoms with E-state index in [-0.39, 0.29) is 0 Å². The molecular formula is C18H19NO2. The Morgan fingerprint density at radius 1 is 0.952 bits per heavy atom. The second-order valence-corrected chi connectivity index (χ2v) is 4.78. The smallest absolute Gasteiger partial charge is 0.119 e. The molecule has 0 amide bonds. The lowest BCUT2D eigenvalue weighted by Crippen LogP contribution is -2.30. The average molecular weight is 281 g/mol. The van der Waals surface area contributed by atoms with Crippen molar-refractivity contribution >= 4 is 0 Å². The molecule has 0 aromatic heterocycles. The van der Waals surface area contributed by atoms with Gasteiger partial charge in [-0.15, -0.1) is 0 Å². The van der Waals surface area contributed by atoms with Gasteiger partial charge in [-0.3, -0.25) is 0 Å². The number of ether oxygens (including phenoxy) is 2. The maximum absolute atomic E-state index is 8.98. The summed E-state index contributed by atoms with van der Waals surface area (Å²) in [5.41, 5.74) is 1.46. The third-order valence-electron chi connectivity index (χ3n) is 3.73. The molecule has 3 heteroatoms. The predicted molar refractivity (Wildman–Crippen MR) is 82.1 cm³/mol. The van der Waals surface area contributed by atoms with Crippen LogP contribution in [0.2, 0.25) is 0 Å². The maximum Gasteiger partial charge on any atom is 0.119 e. The monoisotopic (exact) mass is 281 g/mol. The maximum atomic E-state index is 8.98. The lowest BCUT2D eigenvalue weighted by atomic mass is 9.82. The summed E-state index contributed by atoms with van der Waals surface area (Å²) >= 11 is 0. The highest BCUT2D eigenvalue weighted by atomic mass is 16.5. The van der Waals surface area contributed by atoms with Crippen LogP contribution in [-0.4, -0.2) is 14.2 Å². The first-order valence-electron chi connectivity index (χ1n) is 6.89. The molecule has 0 spiro atoms. The van der Waals surface area contributed by atoms with E-state index in [0.29, 0.717) is 12.8 Å². The molecule has 2 aromatic rings. The Morgan fingerprint density at radius 2 is 1.57 bits per heavy atom. The van der Waals surface area contributed by atoms with Crippen LogP contribution in [0.15, 0.2) is 54.6 Å².